The van der Waals surface area contributed by atoms with Crippen LogP contribution in [0.3, 0.4) is 0 Å². The Bertz CT molecular complexity index is 595. The topological polar surface area (TPSA) is 66.9 Å². The van der Waals surface area contributed by atoms with E-state index in [1.807, 2.05) is 6.92 Å². The van der Waals surface area contributed by atoms with E-state index < -0.39 is 0 Å². The number of amides is 1. The summed E-state index contributed by atoms with van der Waals surface area (Å²) < 4.78 is 0. The highest BCUT2D eigenvalue weighted by Crippen LogP contribution is 2.06. The molecule has 0 radical (unpaired) electrons. The molecule has 110 valence electrons. The number of benzene rings is 1. The molecule has 0 bridgehead atoms. The first-order chi connectivity index (χ1) is 10.2. The lowest BCUT2D eigenvalue weighted by Gasteiger charge is -2.07. The van der Waals surface area contributed by atoms with Gasteiger partial charge in [0.25, 0.3) is 5.91 Å². The van der Waals surface area contributed by atoms with Gasteiger partial charge in [0, 0.05) is 19.3 Å². The van der Waals surface area contributed by atoms with Crippen LogP contribution in [0.4, 0.5) is 5.95 Å². The minimum absolute atomic E-state index is 0.169. The zero-order valence-corrected chi connectivity index (χ0v) is 12.4. The summed E-state index contributed by atoms with van der Waals surface area (Å²) in [7, 11) is 0. The first-order valence-corrected chi connectivity index (χ1v) is 7.09. The average Bonchev–Trinajstić information content (AvgIpc) is 2.52. The molecule has 0 aliphatic rings. The van der Waals surface area contributed by atoms with Crippen LogP contribution in [0.15, 0.2) is 36.5 Å². The van der Waals surface area contributed by atoms with Crippen molar-refractivity contribution in [1.29, 1.82) is 0 Å². The Balaban J connectivity index is 1.97. The predicted molar refractivity (Wildman–Crippen MR) is 83.2 cm³/mol. The molecule has 0 spiro atoms. The van der Waals surface area contributed by atoms with Gasteiger partial charge in [0.05, 0.1) is 0 Å². The van der Waals surface area contributed by atoms with Crippen LogP contribution in [0.2, 0.25) is 0 Å². The van der Waals surface area contributed by atoms with Gasteiger partial charge in [-0.15, -0.1) is 0 Å². The van der Waals surface area contributed by atoms with E-state index in [0.29, 0.717) is 24.7 Å². The van der Waals surface area contributed by atoms with E-state index in [-0.39, 0.29) is 5.91 Å². The van der Waals surface area contributed by atoms with Gasteiger partial charge in [-0.05, 0) is 25.0 Å². The summed E-state index contributed by atoms with van der Waals surface area (Å²) in [5.41, 5.74) is 2.75. The molecule has 1 aromatic heterocycles. The number of carbonyl (C=O) groups excluding carboxylic acids is 1. The molecule has 0 aliphatic heterocycles. The maximum absolute atomic E-state index is 11.8. The van der Waals surface area contributed by atoms with E-state index in [2.05, 4.69) is 51.8 Å². The molecule has 2 aromatic rings. The van der Waals surface area contributed by atoms with Crippen LogP contribution in [-0.4, -0.2) is 22.4 Å². The number of hydrogen-bond acceptors (Lipinski definition) is 4. The van der Waals surface area contributed by atoms with Crippen molar-refractivity contribution >= 4 is 11.9 Å². The molecule has 5 heteroatoms. The van der Waals surface area contributed by atoms with Crippen LogP contribution in [0.1, 0.15) is 35.0 Å². The maximum Gasteiger partial charge on any atom is 0.270 e. The molecule has 0 aliphatic carbocycles. The Morgan fingerprint density at radius 3 is 2.67 bits per heavy atom. The van der Waals surface area contributed by atoms with Crippen molar-refractivity contribution < 1.29 is 4.79 Å². The summed E-state index contributed by atoms with van der Waals surface area (Å²) in [4.78, 5) is 20.2. The average molecular weight is 284 g/mol. The lowest BCUT2D eigenvalue weighted by molar-refractivity contribution is 0.0948. The Kier molecular flexibility index (Phi) is 5.26. The van der Waals surface area contributed by atoms with Crippen LogP contribution in [0.5, 0.6) is 0 Å². The number of anilines is 1. The summed E-state index contributed by atoms with van der Waals surface area (Å²) in [6.45, 7) is 5.34. The molecule has 0 fully saturated rings. The first kappa shape index (κ1) is 15.0. The number of aryl methyl sites for hydroxylation is 1. The Hall–Kier alpha value is -2.43. The number of nitrogens with one attached hydrogen (secondary N) is 2. The van der Waals surface area contributed by atoms with Crippen molar-refractivity contribution in [3.05, 3.63) is 53.3 Å². The van der Waals surface area contributed by atoms with Crippen LogP contribution in [-0.2, 0) is 6.54 Å². The number of nitrogens with zero attached hydrogens (tertiary/aromatic N) is 2. The fourth-order valence-electron chi connectivity index (χ4n) is 1.79. The van der Waals surface area contributed by atoms with Gasteiger partial charge >= 0.3 is 0 Å². The second kappa shape index (κ2) is 7.38. The Morgan fingerprint density at radius 2 is 1.95 bits per heavy atom. The monoisotopic (exact) mass is 284 g/mol. The van der Waals surface area contributed by atoms with Crippen molar-refractivity contribution in [1.82, 2.24) is 15.3 Å². The van der Waals surface area contributed by atoms with Crippen LogP contribution >= 0.6 is 0 Å². The number of aromatic nitrogens is 2. The molecule has 1 aromatic carbocycles. The zero-order chi connectivity index (χ0) is 15.1. The minimum atomic E-state index is -0.169. The van der Waals surface area contributed by atoms with Gasteiger partial charge < -0.3 is 10.6 Å². The van der Waals surface area contributed by atoms with Crippen molar-refractivity contribution in [3.8, 4) is 0 Å². The smallest absolute Gasteiger partial charge is 0.270 e. The molecule has 2 N–H and O–H groups in total. The molecule has 0 saturated carbocycles. The molecular weight excluding hydrogens is 264 g/mol. The highest BCUT2D eigenvalue weighted by molar-refractivity contribution is 5.92. The summed E-state index contributed by atoms with van der Waals surface area (Å²) in [5, 5.41) is 5.93. The number of carbonyl (C=O) groups is 1. The molecule has 0 unspecified atom stereocenters. The highest BCUT2D eigenvalue weighted by atomic mass is 16.1. The van der Waals surface area contributed by atoms with Crippen molar-refractivity contribution in [2.75, 3.05) is 11.9 Å². The number of rotatable bonds is 6. The molecule has 2 rings (SSSR count). The normalized spacial score (nSPS) is 10.2. The van der Waals surface area contributed by atoms with Crippen molar-refractivity contribution in [2.24, 2.45) is 0 Å². The molecular formula is C16H20N4O. The Morgan fingerprint density at radius 1 is 1.19 bits per heavy atom. The molecule has 0 atom stereocenters. The fourth-order valence-corrected chi connectivity index (χ4v) is 1.79. The fraction of sp³-hybridized carbons (Fsp3) is 0.312. The Labute approximate surface area is 124 Å². The van der Waals surface area contributed by atoms with E-state index in [4.69, 9.17) is 0 Å². The maximum atomic E-state index is 11.8. The predicted octanol–water partition coefficient (Wildman–Crippen LogP) is 2.54. The molecule has 5 nitrogen and oxygen atoms in total. The number of hydrogen-bond donors (Lipinski definition) is 2. The first-order valence-electron chi connectivity index (χ1n) is 7.09. The summed E-state index contributed by atoms with van der Waals surface area (Å²) in [6.07, 6.45) is 2.49. The molecule has 1 heterocycles. The van der Waals surface area contributed by atoms with E-state index in [0.717, 1.165) is 12.0 Å². The van der Waals surface area contributed by atoms with E-state index in [9.17, 15) is 4.79 Å². The van der Waals surface area contributed by atoms with Crippen molar-refractivity contribution in [3.63, 3.8) is 0 Å². The van der Waals surface area contributed by atoms with Gasteiger partial charge in [-0.25, -0.2) is 9.97 Å². The third-order valence-corrected chi connectivity index (χ3v) is 3.00. The minimum Gasteiger partial charge on any atom is -0.351 e. The highest BCUT2D eigenvalue weighted by Gasteiger charge is 2.07. The van der Waals surface area contributed by atoms with E-state index >= 15 is 0 Å². The molecule has 1 amide bonds. The third-order valence-electron chi connectivity index (χ3n) is 3.00. The van der Waals surface area contributed by atoms with Crippen LogP contribution < -0.4 is 10.6 Å². The van der Waals surface area contributed by atoms with E-state index in [1.165, 1.54) is 5.56 Å². The molecule has 21 heavy (non-hydrogen) atoms. The lowest BCUT2D eigenvalue weighted by Crippen LogP contribution is -2.25. The van der Waals surface area contributed by atoms with Gasteiger partial charge in [-0.1, -0.05) is 36.8 Å². The summed E-state index contributed by atoms with van der Waals surface area (Å²) in [5.74, 6) is 0.289. The van der Waals surface area contributed by atoms with Gasteiger partial charge in [0.1, 0.15) is 5.69 Å². The largest absolute Gasteiger partial charge is 0.351 e. The van der Waals surface area contributed by atoms with Gasteiger partial charge in [-0.3, -0.25) is 4.79 Å². The van der Waals surface area contributed by atoms with Gasteiger partial charge in [0.15, 0.2) is 0 Å². The second-order valence-corrected chi connectivity index (χ2v) is 4.86. The van der Waals surface area contributed by atoms with Gasteiger partial charge in [-0.2, -0.15) is 0 Å². The molecule has 0 saturated heterocycles. The summed E-state index contributed by atoms with van der Waals surface area (Å²) in [6, 6.07) is 9.85. The lowest BCUT2D eigenvalue weighted by atomic mass is 10.1. The van der Waals surface area contributed by atoms with Crippen LogP contribution in [0, 0.1) is 6.92 Å². The van der Waals surface area contributed by atoms with Crippen molar-refractivity contribution in [2.45, 2.75) is 26.8 Å². The SMILES string of the molecule is CCCNC(=O)c1ccnc(NCc2ccc(C)cc2)n1. The van der Waals surface area contributed by atoms with Gasteiger partial charge in [0.2, 0.25) is 5.95 Å². The summed E-state index contributed by atoms with van der Waals surface area (Å²) >= 11 is 0. The van der Waals surface area contributed by atoms with E-state index in [1.54, 1.807) is 12.3 Å². The standard InChI is InChI=1S/C16H20N4O/c1-3-9-17-15(21)14-8-10-18-16(20-14)19-11-13-6-4-12(2)5-7-13/h4-8,10H,3,9,11H2,1-2H3,(H,17,21)(H,18,19,20). The zero-order valence-electron chi connectivity index (χ0n) is 12.4. The third kappa shape index (κ3) is 4.56. The quantitative estimate of drug-likeness (QED) is 0.855. The van der Waals surface area contributed by atoms with Crippen LogP contribution in [0.25, 0.3) is 0 Å². The second-order valence-electron chi connectivity index (χ2n) is 4.86.